The van der Waals surface area contributed by atoms with Gasteiger partial charge in [-0.2, -0.15) is 0 Å². The van der Waals surface area contributed by atoms with Crippen LogP contribution in [-0.2, 0) is 9.59 Å². The Morgan fingerprint density at radius 1 is 0.966 bits per heavy atom. The van der Waals surface area contributed by atoms with E-state index < -0.39 is 0 Å². The first kappa shape index (κ1) is 18.8. The van der Waals surface area contributed by atoms with E-state index in [1.165, 1.54) is 38.9 Å². The van der Waals surface area contributed by atoms with Crippen molar-refractivity contribution in [3.8, 4) is 11.1 Å². The zero-order valence-corrected chi connectivity index (χ0v) is 17.5. The Morgan fingerprint density at radius 3 is 2.10 bits per heavy atom. The third-order valence-electron chi connectivity index (χ3n) is 5.97. The molecule has 3 aliphatic rings. The molecule has 29 heavy (non-hydrogen) atoms. The maximum absolute atomic E-state index is 12.7. The standard InChI is InChI=1S/C22H21N3O2S2/c26-19(13-25-20(27)14-29-22(25)28)23-9-11-24(12-10-23)21-17-7-3-1-5-15(17)16-6-2-4-8-18(16)21/h1-8,21H,9-14H2. The average molecular weight is 424 g/mol. The Bertz CT molecular complexity index is 940. The molecule has 0 aromatic heterocycles. The van der Waals surface area contributed by atoms with Crippen molar-refractivity contribution in [1.82, 2.24) is 14.7 Å². The van der Waals surface area contributed by atoms with Gasteiger partial charge in [-0.3, -0.25) is 19.4 Å². The minimum Gasteiger partial charge on any atom is -0.339 e. The average Bonchev–Trinajstić information content (AvgIpc) is 3.26. The highest BCUT2D eigenvalue weighted by atomic mass is 32.2. The molecule has 2 aromatic carbocycles. The van der Waals surface area contributed by atoms with Gasteiger partial charge in [-0.25, -0.2) is 0 Å². The lowest BCUT2D eigenvalue weighted by atomic mass is 10.0. The van der Waals surface area contributed by atoms with Gasteiger partial charge in [0.05, 0.1) is 11.8 Å². The fourth-order valence-electron chi connectivity index (χ4n) is 4.52. The van der Waals surface area contributed by atoms with Gasteiger partial charge in [0.15, 0.2) is 0 Å². The molecule has 2 amide bonds. The summed E-state index contributed by atoms with van der Waals surface area (Å²) in [6.07, 6.45) is 0. The molecule has 5 nitrogen and oxygen atoms in total. The molecule has 2 fully saturated rings. The molecule has 0 unspecified atom stereocenters. The highest BCUT2D eigenvalue weighted by molar-refractivity contribution is 8.23. The minimum absolute atomic E-state index is 0.0185. The van der Waals surface area contributed by atoms with E-state index in [0.717, 1.165) is 13.1 Å². The van der Waals surface area contributed by atoms with Crippen molar-refractivity contribution in [3.05, 3.63) is 59.7 Å². The smallest absolute Gasteiger partial charge is 0.242 e. The van der Waals surface area contributed by atoms with E-state index in [0.29, 0.717) is 23.2 Å². The first-order valence-electron chi connectivity index (χ1n) is 9.80. The lowest BCUT2D eigenvalue weighted by Crippen LogP contribution is -2.52. The molecule has 0 bridgehead atoms. The number of thioether (sulfide) groups is 1. The Labute approximate surface area is 179 Å². The van der Waals surface area contributed by atoms with Crippen molar-refractivity contribution in [1.29, 1.82) is 0 Å². The van der Waals surface area contributed by atoms with Crippen molar-refractivity contribution in [2.75, 3.05) is 38.5 Å². The molecule has 0 N–H and O–H groups in total. The maximum Gasteiger partial charge on any atom is 0.242 e. The predicted molar refractivity (Wildman–Crippen MR) is 119 cm³/mol. The van der Waals surface area contributed by atoms with E-state index >= 15 is 0 Å². The molecule has 5 rings (SSSR count). The van der Waals surface area contributed by atoms with Gasteiger partial charge in [-0.15, -0.1) is 0 Å². The van der Waals surface area contributed by atoms with E-state index in [4.69, 9.17) is 12.2 Å². The van der Waals surface area contributed by atoms with Crippen LogP contribution in [0.25, 0.3) is 11.1 Å². The molecule has 0 spiro atoms. The highest BCUT2D eigenvalue weighted by Crippen LogP contribution is 2.46. The lowest BCUT2D eigenvalue weighted by Gasteiger charge is -2.39. The number of rotatable bonds is 3. The molecule has 2 heterocycles. The highest BCUT2D eigenvalue weighted by Gasteiger charge is 2.36. The van der Waals surface area contributed by atoms with E-state index in [1.807, 2.05) is 4.90 Å². The normalized spacial score (nSPS) is 19.6. The van der Waals surface area contributed by atoms with Crippen molar-refractivity contribution < 1.29 is 9.59 Å². The number of nitrogens with zero attached hydrogens (tertiary/aromatic N) is 3. The summed E-state index contributed by atoms with van der Waals surface area (Å²) >= 11 is 6.53. The molecule has 1 aliphatic carbocycles. The Morgan fingerprint density at radius 2 is 1.55 bits per heavy atom. The molecule has 2 aromatic rings. The fraction of sp³-hybridized carbons (Fsp3) is 0.318. The van der Waals surface area contributed by atoms with Gasteiger partial charge in [-0.1, -0.05) is 72.5 Å². The Hall–Kier alpha value is -2.22. The van der Waals surface area contributed by atoms with Gasteiger partial charge in [-0.05, 0) is 22.3 Å². The van der Waals surface area contributed by atoms with Crippen molar-refractivity contribution in [3.63, 3.8) is 0 Å². The van der Waals surface area contributed by atoms with Crippen molar-refractivity contribution in [2.24, 2.45) is 0 Å². The lowest BCUT2D eigenvalue weighted by molar-refractivity contribution is -0.137. The molecule has 148 valence electrons. The van der Waals surface area contributed by atoms with Crippen LogP contribution in [-0.4, -0.2) is 69.3 Å². The number of carbonyl (C=O) groups excluding carboxylic acids is 2. The topological polar surface area (TPSA) is 43.9 Å². The summed E-state index contributed by atoms with van der Waals surface area (Å²) in [5.74, 6) is 0.265. The second kappa shape index (κ2) is 7.55. The quantitative estimate of drug-likeness (QED) is 0.711. The van der Waals surface area contributed by atoms with E-state index in [2.05, 4.69) is 53.4 Å². The Kier molecular flexibility index (Phi) is 4.89. The van der Waals surface area contributed by atoms with Crippen molar-refractivity contribution in [2.45, 2.75) is 6.04 Å². The monoisotopic (exact) mass is 423 g/mol. The maximum atomic E-state index is 12.7. The molecular weight excluding hydrogens is 402 g/mol. The van der Waals surface area contributed by atoms with Crippen LogP contribution in [0.2, 0.25) is 0 Å². The largest absolute Gasteiger partial charge is 0.339 e. The summed E-state index contributed by atoms with van der Waals surface area (Å²) in [6, 6.07) is 17.5. The van der Waals surface area contributed by atoms with E-state index in [-0.39, 0.29) is 24.4 Å². The minimum atomic E-state index is -0.0637. The van der Waals surface area contributed by atoms with Crippen LogP contribution in [0.5, 0.6) is 0 Å². The van der Waals surface area contributed by atoms with Gasteiger partial charge in [0.2, 0.25) is 11.8 Å². The second-order valence-electron chi connectivity index (χ2n) is 7.53. The van der Waals surface area contributed by atoms with Crippen molar-refractivity contribution >= 4 is 40.1 Å². The number of carbonyl (C=O) groups is 2. The van der Waals surface area contributed by atoms with Crippen LogP contribution in [0.15, 0.2) is 48.5 Å². The summed E-state index contributed by atoms with van der Waals surface area (Å²) in [5.41, 5.74) is 5.31. The Balaban J connectivity index is 1.29. The van der Waals surface area contributed by atoms with Crippen LogP contribution in [0.4, 0.5) is 0 Å². The molecular formula is C22H21N3O2S2. The first-order chi connectivity index (χ1) is 14.1. The van der Waals surface area contributed by atoms with Crippen LogP contribution in [0.3, 0.4) is 0 Å². The summed E-state index contributed by atoms with van der Waals surface area (Å²) < 4.78 is 0.515. The van der Waals surface area contributed by atoms with Gasteiger partial charge in [0, 0.05) is 26.2 Å². The van der Waals surface area contributed by atoms with Gasteiger partial charge in [0.25, 0.3) is 0 Å². The van der Waals surface area contributed by atoms with E-state index in [1.54, 1.807) is 0 Å². The summed E-state index contributed by atoms with van der Waals surface area (Å²) in [7, 11) is 0. The third kappa shape index (κ3) is 3.27. The number of hydrogen-bond acceptors (Lipinski definition) is 5. The van der Waals surface area contributed by atoms with Gasteiger partial charge >= 0.3 is 0 Å². The number of fused-ring (bicyclic) bond motifs is 3. The van der Waals surface area contributed by atoms with Gasteiger partial charge < -0.3 is 4.90 Å². The number of hydrogen-bond donors (Lipinski definition) is 0. The van der Waals surface area contributed by atoms with Crippen LogP contribution < -0.4 is 0 Å². The molecule has 7 heteroatoms. The fourth-order valence-corrected chi connectivity index (χ4v) is 5.59. The number of thiocarbonyl (C=S) groups is 1. The van der Waals surface area contributed by atoms with E-state index in [9.17, 15) is 9.59 Å². The number of amides is 2. The van der Waals surface area contributed by atoms with Crippen LogP contribution >= 0.6 is 24.0 Å². The SMILES string of the molecule is O=C(CN1C(=O)CSC1=S)N1CCN(C2c3ccccc3-c3ccccc32)CC1. The molecule has 2 saturated heterocycles. The first-order valence-corrected chi connectivity index (χ1v) is 11.2. The summed E-state index contributed by atoms with van der Waals surface area (Å²) in [5, 5.41) is 0. The van der Waals surface area contributed by atoms with Crippen LogP contribution in [0, 0.1) is 0 Å². The van der Waals surface area contributed by atoms with Gasteiger partial charge in [0.1, 0.15) is 10.9 Å². The predicted octanol–water partition coefficient (Wildman–Crippen LogP) is 2.76. The third-order valence-corrected chi connectivity index (χ3v) is 7.40. The zero-order chi connectivity index (χ0) is 20.0. The molecule has 0 atom stereocenters. The molecule has 0 radical (unpaired) electrons. The second-order valence-corrected chi connectivity index (χ2v) is 9.14. The van der Waals surface area contributed by atoms with Crippen LogP contribution in [0.1, 0.15) is 17.2 Å². The summed E-state index contributed by atoms with van der Waals surface area (Å²) in [6.45, 7) is 3.03. The summed E-state index contributed by atoms with van der Waals surface area (Å²) in [4.78, 5) is 30.4. The zero-order valence-electron chi connectivity index (χ0n) is 15.9. The molecule has 0 saturated carbocycles. The number of benzene rings is 2. The number of piperazine rings is 1. The molecule has 2 aliphatic heterocycles.